The standard InChI is InChI=1S/C50H33N2PS2/c54-53(38-20-9-3-10-21-38,39-22-11-4-12-23-39)45-26-15-27-46-49(45)42-31-29-35(33-47(42)55-46)34-28-30-41-44(32-34)52(37-18-7-2-8-19-37)50-48(41)40-24-13-14-25-43(40)51(50)36-16-5-1-6-17-36/h1-33H. The van der Waals surface area contributed by atoms with Crippen LogP contribution in [0.1, 0.15) is 0 Å². The number of rotatable bonds is 6. The van der Waals surface area contributed by atoms with Crippen molar-refractivity contribution < 1.29 is 0 Å². The van der Waals surface area contributed by atoms with Crippen LogP contribution in [0.5, 0.6) is 0 Å². The molecule has 0 atom stereocenters. The molecule has 260 valence electrons. The summed E-state index contributed by atoms with van der Waals surface area (Å²) in [4.78, 5) is 0. The summed E-state index contributed by atoms with van der Waals surface area (Å²) < 4.78 is 7.42. The van der Waals surface area contributed by atoms with Crippen LogP contribution in [-0.4, -0.2) is 9.13 Å². The Kier molecular flexibility index (Phi) is 7.53. The second-order valence-corrected chi connectivity index (χ2v) is 19.5. The van der Waals surface area contributed by atoms with Crippen LogP contribution in [0.4, 0.5) is 0 Å². The van der Waals surface area contributed by atoms with Crippen molar-refractivity contribution in [2.45, 2.75) is 0 Å². The van der Waals surface area contributed by atoms with E-state index in [1.807, 2.05) is 11.3 Å². The van der Waals surface area contributed by atoms with E-state index in [1.165, 1.54) is 80.1 Å². The van der Waals surface area contributed by atoms with Gasteiger partial charge in [0.15, 0.2) is 0 Å². The monoisotopic (exact) mass is 756 g/mol. The van der Waals surface area contributed by atoms with Gasteiger partial charge in [-0.15, -0.1) is 11.3 Å². The first-order valence-corrected chi connectivity index (χ1v) is 22.2. The van der Waals surface area contributed by atoms with Gasteiger partial charge in [-0.05, 0) is 70.3 Å². The smallest absolute Gasteiger partial charge is 0.131 e. The minimum Gasteiger partial charge on any atom is -0.295 e. The molecule has 0 spiro atoms. The van der Waals surface area contributed by atoms with E-state index in [4.69, 9.17) is 11.8 Å². The number of aromatic nitrogens is 2. The van der Waals surface area contributed by atoms with Crippen LogP contribution in [0.25, 0.3) is 75.5 Å². The van der Waals surface area contributed by atoms with Gasteiger partial charge < -0.3 is 0 Å². The van der Waals surface area contributed by atoms with Gasteiger partial charge in [0.2, 0.25) is 0 Å². The van der Waals surface area contributed by atoms with Crippen molar-refractivity contribution in [2.75, 3.05) is 0 Å². The lowest BCUT2D eigenvalue weighted by atomic mass is 10.0. The average Bonchev–Trinajstić information content (AvgIpc) is 3.91. The quantitative estimate of drug-likeness (QED) is 0.154. The fourth-order valence-electron chi connectivity index (χ4n) is 8.55. The Hall–Kier alpha value is -6.03. The molecular weight excluding hydrogens is 724 g/mol. The summed E-state index contributed by atoms with van der Waals surface area (Å²) >= 11 is 8.72. The Balaban J connectivity index is 1.14. The molecule has 0 amide bonds. The summed E-state index contributed by atoms with van der Waals surface area (Å²) in [5.74, 6) is 0. The van der Waals surface area contributed by atoms with E-state index in [2.05, 4.69) is 209 Å². The minimum atomic E-state index is -2.34. The third-order valence-corrected chi connectivity index (χ3v) is 17.1. The van der Waals surface area contributed by atoms with E-state index in [9.17, 15) is 0 Å². The molecule has 0 N–H and O–H groups in total. The molecule has 3 aromatic heterocycles. The van der Waals surface area contributed by atoms with Crippen LogP contribution in [0.3, 0.4) is 0 Å². The Morgan fingerprint density at radius 1 is 0.400 bits per heavy atom. The summed E-state index contributed by atoms with van der Waals surface area (Å²) in [6, 6.07) is 70.2. The molecule has 55 heavy (non-hydrogen) atoms. The fraction of sp³-hybridized carbons (Fsp3) is 0. The van der Waals surface area contributed by atoms with Crippen LogP contribution in [0, 0.1) is 0 Å². The molecule has 5 heteroatoms. The van der Waals surface area contributed by atoms with Crippen LogP contribution >= 0.6 is 17.4 Å². The molecule has 0 saturated carbocycles. The number of benzene rings is 8. The van der Waals surface area contributed by atoms with Gasteiger partial charge in [0.05, 0.1) is 11.0 Å². The zero-order valence-corrected chi connectivity index (χ0v) is 32.2. The van der Waals surface area contributed by atoms with E-state index in [0.717, 1.165) is 11.4 Å². The van der Waals surface area contributed by atoms with E-state index < -0.39 is 6.04 Å². The lowest BCUT2D eigenvalue weighted by Gasteiger charge is -2.25. The molecule has 0 unspecified atom stereocenters. The molecule has 11 aromatic rings. The number of fused-ring (bicyclic) bond motifs is 8. The second-order valence-electron chi connectivity index (χ2n) is 14.0. The molecule has 3 heterocycles. The van der Waals surface area contributed by atoms with Gasteiger partial charge in [0.1, 0.15) is 5.65 Å². The highest BCUT2D eigenvalue weighted by Crippen LogP contribution is 2.48. The third-order valence-electron chi connectivity index (χ3n) is 11.0. The lowest BCUT2D eigenvalue weighted by Crippen LogP contribution is -2.25. The molecule has 0 aliphatic rings. The second kappa shape index (κ2) is 12.8. The maximum absolute atomic E-state index is 6.86. The van der Waals surface area contributed by atoms with Crippen LogP contribution in [0.15, 0.2) is 200 Å². The number of thiophene rings is 1. The Bertz CT molecular complexity index is 3230. The van der Waals surface area contributed by atoms with Gasteiger partial charge in [0.25, 0.3) is 0 Å². The predicted molar refractivity (Wildman–Crippen MR) is 242 cm³/mol. The average molecular weight is 757 g/mol. The van der Waals surface area contributed by atoms with Crippen LogP contribution < -0.4 is 15.9 Å². The molecule has 0 fully saturated rings. The summed E-state index contributed by atoms with van der Waals surface area (Å²) in [7, 11) is 0. The number of hydrogen-bond donors (Lipinski definition) is 0. The van der Waals surface area contributed by atoms with Crippen LogP contribution in [0.2, 0.25) is 0 Å². The highest BCUT2D eigenvalue weighted by molar-refractivity contribution is 8.25. The molecule has 0 bridgehead atoms. The van der Waals surface area contributed by atoms with Crippen molar-refractivity contribution in [2.24, 2.45) is 0 Å². The van der Waals surface area contributed by atoms with Crippen molar-refractivity contribution in [3.05, 3.63) is 200 Å². The van der Waals surface area contributed by atoms with Crippen molar-refractivity contribution in [1.82, 2.24) is 9.13 Å². The number of nitrogens with zero attached hydrogens (tertiary/aromatic N) is 2. The third kappa shape index (κ3) is 4.96. The summed E-state index contributed by atoms with van der Waals surface area (Å²) in [6.07, 6.45) is 0. The molecule has 0 saturated heterocycles. The molecule has 0 radical (unpaired) electrons. The number of hydrogen-bond acceptors (Lipinski definition) is 2. The highest BCUT2D eigenvalue weighted by Gasteiger charge is 2.28. The molecule has 0 aliphatic carbocycles. The van der Waals surface area contributed by atoms with Gasteiger partial charge >= 0.3 is 0 Å². The number of para-hydroxylation sites is 3. The normalized spacial score (nSPS) is 12.1. The van der Waals surface area contributed by atoms with Gasteiger partial charge in [-0.3, -0.25) is 9.13 Å². The van der Waals surface area contributed by atoms with E-state index in [0.29, 0.717) is 0 Å². The molecule has 8 aromatic carbocycles. The first kappa shape index (κ1) is 32.4. The first-order valence-electron chi connectivity index (χ1n) is 18.5. The molecule has 2 nitrogen and oxygen atoms in total. The summed E-state index contributed by atoms with van der Waals surface area (Å²) in [6.45, 7) is 0. The summed E-state index contributed by atoms with van der Waals surface area (Å²) in [5, 5.41) is 10.0. The minimum absolute atomic E-state index is 1.14. The largest absolute Gasteiger partial charge is 0.295 e. The lowest BCUT2D eigenvalue weighted by molar-refractivity contribution is 1.07. The highest BCUT2D eigenvalue weighted by atomic mass is 32.4. The Morgan fingerprint density at radius 3 is 1.58 bits per heavy atom. The van der Waals surface area contributed by atoms with Crippen molar-refractivity contribution in [1.29, 1.82) is 0 Å². The Labute approximate surface area is 328 Å². The van der Waals surface area contributed by atoms with Crippen LogP contribution in [-0.2, 0) is 11.8 Å². The van der Waals surface area contributed by atoms with E-state index in [-0.39, 0.29) is 0 Å². The summed E-state index contributed by atoms with van der Waals surface area (Å²) in [5.41, 5.74) is 8.25. The SMILES string of the molecule is S=P(c1ccccc1)(c1ccccc1)c1cccc2sc3cc(-c4ccc5c6c7ccccc7n(-c7ccccc7)c6n(-c6ccccc6)c5c4)ccc3c12. The Morgan fingerprint density at radius 2 is 0.927 bits per heavy atom. The topological polar surface area (TPSA) is 9.86 Å². The first-order chi connectivity index (χ1) is 27.2. The molecule has 11 rings (SSSR count). The zero-order valence-electron chi connectivity index (χ0n) is 29.7. The maximum Gasteiger partial charge on any atom is 0.131 e. The van der Waals surface area contributed by atoms with Gasteiger partial charge in [-0.25, -0.2) is 0 Å². The molecule has 0 aliphatic heterocycles. The van der Waals surface area contributed by atoms with Crippen molar-refractivity contribution in [3.8, 4) is 22.5 Å². The van der Waals surface area contributed by atoms with Gasteiger partial charge in [-0.1, -0.05) is 163 Å². The zero-order chi connectivity index (χ0) is 36.5. The van der Waals surface area contributed by atoms with E-state index >= 15 is 0 Å². The maximum atomic E-state index is 6.86. The van der Waals surface area contributed by atoms with E-state index in [1.54, 1.807) is 0 Å². The molecular formula is C50H33N2PS2. The van der Waals surface area contributed by atoms with Crippen molar-refractivity contribution >= 4 is 98.1 Å². The van der Waals surface area contributed by atoms with Gasteiger partial charge in [-0.2, -0.15) is 0 Å². The van der Waals surface area contributed by atoms with Crippen molar-refractivity contribution in [3.63, 3.8) is 0 Å². The fourth-order valence-corrected chi connectivity index (χ4v) is 13.9. The predicted octanol–water partition coefficient (Wildman–Crippen LogP) is 12.5. The van der Waals surface area contributed by atoms with Gasteiger partial charge in [0, 0.05) is 59.0 Å².